The number of nitrogens with one attached hydrogen (secondary N) is 1. The fourth-order valence-corrected chi connectivity index (χ4v) is 2.53. The number of aryl methyl sites for hydroxylation is 1. The van der Waals surface area contributed by atoms with E-state index >= 15 is 0 Å². The van der Waals surface area contributed by atoms with Crippen molar-refractivity contribution in [1.29, 1.82) is 0 Å². The lowest BCUT2D eigenvalue weighted by molar-refractivity contribution is -0.0626. The minimum atomic E-state index is -1.08. The Morgan fingerprint density at radius 3 is 2.82 bits per heavy atom. The van der Waals surface area contributed by atoms with Crippen molar-refractivity contribution in [3.8, 4) is 0 Å². The molecule has 2 unspecified atom stereocenters. The van der Waals surface area contributed by atoms with Gasteiger partial charge in [-0.2, -0.15) is 0 Å². The third-order valence-electron chi connectivity index (χ3n) is 3.73. The maximum absolute atomic E-state index is 12.0. The summed E-state index contributed by atoms with van der Waals surface area (Å²) in [5.74, 6) is 0. The minimum absolute atomic E-state index is 0.394. The lowest BCUT2D eigenvalue weighted by Crippen LogP contribution is -2.39. The van der Waals surface area contributed by atoms with Crippen LogP contribution in [0.2, 0.25) is 0 Å². The number of H-pyrrole nitrogens is 1. The van der Waals surface area contributed by atoms with E-state index in [1.54, 1.807) is 0 Å². The van der Waals surface area contributed by atoms with Crippen LogP contribution in [0.5, 0.6) is 0 Å². The number of methoxy groups -OCH3 is 1. The van der Waals surface area contributed by atoms with Gasteiger partial charge in [0.25, 0.3) is 5.56 Å². The monoisotopic (exact) mass is 315 g/mol. The molecule has 22 heavy (non-hydrogen) atoms. The maximum Gasteiger partial charge on any atom is 0.330 e. The van der Waals surface area contributed by atoms with Gasteiger partial charge in [0.2, 0.25) is 0 Å². The van der Waals surface area contributed by atoms with Crippen LogP contribution < -0.4 is 17.0 Å². The summed E-state index contributed by atoms with van der Waals surface area (Å²) in [6.45, 7) is 0.0140. The number of rotatable bonds is 6. The molecular formula is C13H21N3O6. The van der Waals surface area contributed by atoms with Crippen LogP contribution in [-0.2, 0) is 15.9 Å². The zero-order valence-electron chi connectivity index (χ0n) is 12.3. The van der Waals surface area contributed by atoms with Gasteiger partial charge in [0, 0.05) is 18.9 Å². The van der Waals surface area contributed by atoms with Crippen molar-refractivity contribution in [2.75, 3.05) is 20.3 Å². The van der Waals surface area contributed by atoms with Gasteiger partial charge in [-0.15, -0.1) is 0 Å². The third-order valence-corrected chi connectivity index (χ3v) is 3.73. The van der Waals surface area contributed by atoms with Crippen LogP contribution in [0.25, 0.3) is 0 Å². The lowest BCUT2D eigenvalue weighted by Gasteiger charge is -2.20. The van der Waals surface area contributed by atoms with E-state index in [-0.39, 0.29) is 0 Å². The van der Waals surface area contributed by atoms with E-state index in [1.165, 1.54) is 17.9 Å². The zero-order chi connectivity index (χ0) is 16.3. The number of hydrogen-bond donors (Lipinski definition) is 4. The van der Waals surface area contributed by atoms with E-state index in [9.17, 15) is 19.8 Å². The van der Waals surface area contributed by atoms with Crippen molar-refractivity contribution < 1.29 is 19.7 Å². The summed E-state index contributed by atoms with van der Waals surface area (Å²) >= 11 is 0. The molecule has 0 spiro atoms. The fourth-order valence-electron chi connectivity index (χ4n) is 2.53. The molecule has 0 bridgehead atoms. The largest absolute Gasteiger partial charge is 0.394 e. The molecule has 4 atom stereocenters. The van der Waals surface area contributed by atoms with Crippen molar-refractivity contribution >= 4 is 0 Å². The second kappa shape index (κ2) is 7.16. The summed E-state index contributed by atoms with van der Waals surface area (Å²) in [6.07, 6.45) is -1.29. The highest BCUT2D eigenvalue weighted by Gasteiger charge is 2.45. The van der Waals surface area contributed by atoms with Crippen LogP contribution in [-0.4, -0.2) is 58.3 Å². The molecule has 5 N–H and O–H groups in total. The van der Waals surface area contributed by atoms with Gasteiger partial charge in [0.1, 0.15) is 18.3 Å². The summed E-state index contributed by atoms with van der Waals surface area (Å²) in [7, 11) is 1.37. The summed E-state index contributed by atoms with van der Waals surface area (Å²) in [5.41, 5.74) is 4.68. The molecule has 1 aromatic heterocycles. The first-order valence-corrected chi connectivity index (χ1v) is 7.05. The first-order chi connectivity index (χ1) is 10.5. The first kappa shape index (κ1) is 16.8. The number of aromatic amines is 1. The van der Waals surface area contributed by atoms with Crippen molar-refractivity contribution in [2.45, 2.75) is 37.4 Å². The molecule has 0 amide bonds. The van der Waals surface area contributed by atoms with Gasteiger partial charge in [-0.3, -0.25) is 14.3 Å². The molecule has 9 heteroatoms. The summed E-state index contributed by atoms with van der Waals surface area (Å²) in [4.78, 5) is 26.0. The molecule has 0 radical (unpaired) electrons. The summed E-state index contributed by atoms with van der Waals surface area (Å²) < 4.78 is 11.8. The lowest BCUT2D eigenvalue weighted by atomic mass is 10.1. The van der Waals surface area contributed by atoms with Gasteiger partial charge in [-0.1, -0.05) is 0 Å². The molecule has 2 rings (SSSR count). The van der Waals surface area contributed by atoms with Crippen LogP contribution in [0.1, 0.15) is 18.2 Å². The maximum atomic E-state index is 12.0. The smallest absolute Gasteiger partial charge is 0.330 e. The number of ether oxygens (including phenoxy) is 2. The highest BCUT2D eigenvalue weighted by Crippen LogP contribution is 2.30. The predicted molar refractivity (Wildman–Crippen MR) is 76.5 cm³/mol. The Balaban J connectivity index is 2.38. The topological polar surface area (TPSA) is 140 Å². The molecule has 9 nitrogen and oxygen atoms in total. The van der Waals surface area contributed by atoms with Crippen molar-refractivity contribution in [3.63, 3.8) is 0 Å². The molecule has 124 valence electrons. The molecule has 2 heterocycles. The van der Waals surface area contributed by atoms with Gasteiger partial charge in [0.15, 0.2) is 6.23 Å². The molecule has 0 aliphatic carbocycles. The van der Waals surface area contributed by atoms with Crippen LogP contribution in [0.3, 0.4) is 0 Å². The Labute approximate surface area is 126 Å². The van der Waals surface area contributed by atoms with Gasteiger partial charge >= 0.3 is 5.69 Å². The molecule has 0 saturated carbocycles. The van der Waals surface area contributed by atoms with Crippen molar-refractivity contribution in [1.82, 2.24) is 9.55 Å². The van der Waals surface area contributed by atoms with Gasteiger partial charge in [-0.25, -0.2) is 4.79 Å². The van der Waals surface area contributed by atoms with Crippen LogP contribution in [0.4, 0.5) is 0 Å². The number of aliphatic hydroxyl groups is 2. The van der Waals surface area contributed by atoms with E-state index < -0.39 is 42.4 Å². The van der Waals surface area contributed by atoms with E-state index in [2.05, 4.69) is 4.98 Å². The molecule has 1 saturated heterocycles. The average molecular weight is 315 g/mol. The molecular weight excluding hydrogens is 294 g/mol. The number of nitrogens with zero attached hydrogens (tertiary/aromatic N) is 1. The van der Waals surface area contributed by atoms with Crippen molar-refractivity contribution in [3.05, 3.63) is 32.6 Å². The Kier molecular flexibility index (Phi) is 5.48. The van der Waals surface area contributed by atoms with E-state index in [1.807, 2.05) is 0 Å². The second-order valence-corrected chi connectivity index (χ2v) is 5.15. The zero-order valence-corrected chi connectivity index (χ0v) is 12.3. The molecule has 1 aromatic rings. The second-order valence-electron chi connectivity index (χ2n) is 5.15. The molecule has 0 aromatic carbocycles. The first-order valence-electron chi connectivity index (χ1n) is 7.05. The standard InChI is InChI=1S/C13H21N3O6/c1-21-10-9(18)8(6-17)22-12(10)16-5-7(3-2-4-14)11(19)15-13(16)20/h5,8-10,12,17-18H,2-4,6,14H2,1H3,(H,15,19,20)/t8-,9?,10?,12-/m0/s1. The van der Waals surface area contributed by atoms with Crippen LogP contribution in [0.15, 0.2) is 15.8 Å². The highest BCUT2D eigenvalue weighted by atomic mass is 16.6. The average Bonchev–Trinajstić information content (AvgIpc) is 2.82. The molecule has 1 aliphatic rings. The van der Waals surface area contributed by atoms with Crippen LogP contribution >= 0.6 is 0 Å². The summed E-state index contributed by atoms with van der Waals surface area (Å²) in [5, 5.41) is 19.2. The van der Waals surface area contributed by atoms with Crippen LogP contribution in [0, 0.1) is 0 Å². The SMILES string of the molecule is COC1C(O)[C@H](CO)O[C@@H]1n1cc(CCCN)c(=O)[nH]c1=O. The normalized spacial score (nSPS) is 28.2. The van der Waals surface area contributed by atoms with Crippen molar-refractivity contribution in [2.24, 2.45) is 5.73 Å². The number of hydrogen-bond acceptors (Lipinski definition) is 7. The minimum Gasteiger partial charge on any atom is -0.394 e. The number of aliphatic hydroxyl groups excluding tert-OH is 2. The van der Waals surface area contributed by atoms with E-state index in [0.29, 0.717) is 24.9 Å². The Morgan fingerprint density at radius 1 is 1.50 bits per heavy atom. The Bertz CT molecular complexity index is 613. The molecule has 1 aliphatic heterocycles. The number of aromatic nitrogens is 2. The molecule has 1 fully saturated rings. The Hall–Kier alpha value is -1.52. The highest BCUT2D eigenvalue weighted by molar-refractivity contribution is 5.06. The third kappa shape index (κ3) is 3.13. The predicted octanol–water partition coefficient (Wildman–Crippen LogP) is -2.31. The fraction of sp³-hybridized carbons (Fsp3) is 0.692. The quantitative estimate of drug-likeness (QED) is 0.462. The number of nitrogens with two attached hydrogens (primary N) is 1. The Morgan fingerprint density at radius 2 is 2.23 bits per heavy atom. The van der Waals surface area contributed by atoms with E-state index in [0.717, 1.165) is 0 Å². The van der Waals surface area contributed by atoms with Gasteiger partial charge < -0.3 is 25.4 Å². The van der Waals surface area contributed by atoms with E-state index in [4.69, 9.17) is 15.2 Å². The van der Waals surface area contributed by atoms with Gasteiger partial charge in [0.05, 0.1) is 6.61 Å². The summed E-state index contributed by atoms with van der Waals surface area (Å²) in [6, 6.07) is 0. The van der Waals surface area contributed by atoms with Gasteiger partial charge in [-0.05, 0) is 19.4 Å².